The Morgan fingerprint density at radius 1 is 1.45 bits per heavy atom. The average molecular weight is 334 g/mol. The second-order valence-corrected chi connectivity index (χ2v) is 6.89. The van der Waals surface area contributed by atoms with E-state index in [1.807, 2.05) is 0 Å². The third-order valence-corrected chi connectivity index (χ3v) is 4.30. The molecule has 1 heterocycles. The lowest BCUT2D eigenvalue weighted by atomic mass is 10.3. The number of rotatable bonds is 4. The van der Waals surface area contributed by atoms with Crippen molar-refractivity contribution in [3.8, 4) is 5.75 Å². The molecule has 0 saturated carbocycles. The van der Waals surface area contributed by atoms with Gasteiger partial charge in [0.15, 0.2) is 0 Å². The number of anilines is 1. The van der Waals surface area contributed by atoms with Crippen molar-refractivity contribution >= 4 is 42.9 Å². The number of nitrogens with zero attached hydrogens (tertiary/aromatic N) is 2. The first-order valence-electron chi connectivity index (χ1n) is 5.13. The Labute approximate surface area is 123 Å². The fourth-order valence-electron chi connectivity index (χ4n) is 1.39. The predicted octanol–water partition coefficient (Wildman–Crippen LogP) is 1.73. The van der Waals surface area contributed by atoms with Crippen LogP contribution in [0.2, 0.25) is 0 Å². The molecule has 1 amide bonds. The van der Waals surface area contributed by atoms with E-state index in [1.54, 1.807) is 0 Å². The SMILES string of the molecule is COc1ccc(S(=O)(=O)Cl)cc1NC(=O)c1cnns1. The third-order valence-electron chi connectivity index (χ3n) is 2.29. The van der Waals surface area contributed by atoms with Crippen LogP contribution in [0.25, 0.3) is 0 Å². The van der Waals surface area contributed by atoms with Crippen molar-refractivity contribution in [3.05, 3.63) is 29.3 Å². The van der Waals surface area contributed by atoms with Crippen molar-refractivity contribution in [1.82, 2.24) is 9.59 Å². The smallest absolute Gasteiger partial charge is 0.269 e. The van der Waals surface area contributed by atoms with Gasteiger partial charge >= 0.3 is 0 Å². The van der Waals surface area contributed by atoms with Crippen molar-refractivity contribution < 1.29 is 17.9 Å². The van der Waals surface area contributed by atoms with Crippen molar-refractivity contribution in [1.29, 1.82) is 0 Å². The molecule has 20 heavy (non-hydrogen) atoms. The van der Waals surface area contributed by atoms with Gasteiger partial charge in [0.05, 0.1) is 23.9 Å². The standard InChI is InChI=1S/C10H8ClN3O4S2/c1-18-8-3-2-6(20(11,16)17)4-7(8)13-10(15)9-5-12-14-19-9/h2-5H,1H3,(H,13,15). The number of methoxy groups -OCH3 is 1. The van der Waals surface area contributed by atoms with Gasteiger partial charge in [-0.15, -0.1) is 5.10 Å². The molecular formula is C10H8ClN3O4S2. The van der Waals surface area contributed by atoms with Gasteiger partial charge in [-0.3, -0.25) is 4.79 Å². The summed E-state index contributed by atoms with van der Waals surface area (Å²) in [5, 5.41) is 6.06. The Morgan fingerprint density at radius 3 is 2.75 bits per heavy atom. The van der Waals surface area contributed by atoms with E-state index in [9.17, 15) is 13.2 Å². The number of aromatic nitrogens is 2. The van der Waals surface area contributed by atoms with Gasteiger partial charge in [0.2, 0.25) is 0 Å². The van der Waals surface area contributed by atoms with Crippen molar-refractivity contribution in [2.45, 2.75) is 4.90 Å². The molecule has 0 fully saturated rings. The lowest BCUT2D eigenvalue weighted by Crippen LogP contribution is -2.11. The summed E-state index contributed by atoms with van der Waals surface area (Å²) in [5.74, 6) is -0.165. The van der Waals surface area contributed by atoms with Gasteiger partial charge in [0.25, 0.3) is 15.0 Å². The normalized spacial score (nSPS) is 11.1. The van der Waals surface area contributed by atoms with Crippen molar-refractivity contribution in [2.24, 2.45) is 0 Å². The molecule has 0 spiro atoms. The number of hydrogen-bond acceptors (Lipinski definition) is 7. The maximum atomic E-state index is 11.9. The molecule has 0 saturated heterocycles. The van der Waals surface area contributed by atoms with E-state index in [0.717, 1.165) is 11.5 Å². The lowest BCUT2D eigenvalue weighted by molar-refractivity contribution is 0.103. The van der Waals surface area contributed by atoms with Crippen LogP contribution in [0.15, 0.2) is 29.3 Å². The highest BCUT2D eigenvalue weighted by Gasteiger charge is 2.16. The van der Waals surface area contributed by atoms with E-state index in [1.165, 1.54) is 31.5 Å². The summed E-state index contributed by atoms with van der Waals surface area (Å²) in [5.41, 5.74) is 0.188. The molecule has 0 unspecified atom stereocenters. The number of benzene rings is 1. The minimum atomic E-state index is -3.90. The van der Waals surface area contributed by atoms with Crippen molar-refractivity contribution in [2.75, 3.05) is 12.4 Å². The van der Waals surface area contributed by atoms with E-state index in [0.29, 0.717) is 5.75 Å². The number of carbonyl (C=O) groups excluding carboxylic acids is 1. The summed E-state index contributed by atoms with van der Waals surface area (Å²) in [6, 6.07) is 3.90. The Morgan fingerprint density at radius 2 is 2.20 bits per heavy atom. The maximum absolute atomic E-state index is 11.9. The molecule has 0 radical (unpaired) electrons. The highest BCUT2D eigenvalue weighted by molar-refractivity contribution is 8.13. The molecule has 0 aliphatic heterocycles. The first kappa shape index (κ1) is 14.7. The van der Waals surface area contributed by atoms with E-state index >= 15 is 0 Å². The predicted molar refractivity (Wildman–Crippen MR) is 73.9 cm³/mol. The van der Waals surface area contributed by atoms with E-state index in [4.69, 9.17) is 15.4 Å². The van der Waals surface area contributed by atoms with Crippen LogP contribution in [-0.4, -0.2) is 31.0 Å². The minimum Gasteiger partial charge on any atom is -0.495 e. The highest BCUT2D eigenvalue weighted by Crippen LogP contribution is 2.29. The zero-order valence-corrected chi connectivity index (χ0v) is 12.4. The fraction of sp³-hybridized carbons (Fsp3) is 0.100. The Hall–Kier alpha value is -1.71. The number of halogens is 1. The molecule has 10 heteroatoms. The van der Waals surface area contributed by atoms with Gasteiger partial charge in [-0.1, -0.05) is 4.49 Å². The van der Waals surface area contributed by atoms with E-state index < -0.39 is 15.0 Å². The topological polar surface area (TPSA) is 98.2 Å². The average Bonchev–Trinajstić information content (AvgIpc) is 2.91. The van der Waals surface area contributed by atoms with Crippen LogP contribution in [0.4, 0.5) is 5.69 Å². The molecule has 106 valence electrons. The second kappa shape index (κ2) is 5.73. The molecule has 0 atom stereocenters. The Kier molecular flexibility index (Phi) is 4.21. The first-order valence-corrected chi connectivity index (χ1v) is 8.21. The van der Waals surface area contributed by atoms with E-state index in [2.05, 4.69) is 14.9 Å². The fourth-order valence-corrected chi connectivity index (χ4v) is 2.58. The minimum absolute atomic E-state index is 0.141. The molecule has 7 nitrogen and oxygen atoms in total. The Balaban J connectivity index is 2.37. The van der Waals surface area contributed by atoms with Crippen LogP contribution in [0.1, 0.15) is 9.67 Å². The summed E-state index contributed by atoms with van der Waals surface area (Å²) in [6.45, 7) is 0. The third kappa shape index (κ3) is 3.24. The summed E-state index contributed by atoms with van der Waals surface area (Å²) in [6.07, 6.45) is 1.30. The van der Waals surface area contributed by atoms with Gasteiger partial charge in [0.1, 0.15) is 10.6 Å². The number of hydrogen-bond donors (Lipinski definition) is 1. The number of ether oxygens (including phenoxy) is 1. The molecule has 0 bridgehead atoms. The number of amides is 1. The summed E-state index contributed by atoms with van der Waals surface area (Å²) >= 11 is 0.915. The first-order chi connectivity index (χ1) is 9.41. The molecular weight excluding hydrogens is 326 g/mol. The zero-order valence-electron chi connectivity index (χ0n) is 10.0. The largest absolute Gasteiger partial charge is 0.495 e. The van der Waals surface area contributed by atoms with Gasteiger partial charge in [0, 0.05) is 10.7 Å². The van der Waals surface area contributed by atoms with E-state index in [-0.39, 0.29) is 15.5 Å². The van der Waals surface area contributed by atoms with Gasteiger partial charge in [-0.25, -0.2) is 8.42 Å². The van der Waals surface area contributed by atoms with Crippen LogP contribution in [0.3, 0.4) is 0 Å². The summed E-state index contributed by atoms with van der Waals surface area (Å²) < 4.78 is 31.2. The molecule has 1 N–H and O–H groups in total. The van der Waals surface area contributed by atoms with Crippen LogP contribution >= 0.6 is 22.2 Å². The highest BCUT2D eigenvalue weighted by atomic mass is 35.7. The molecule has 1 aromatic heterocycles. The molecule has 2 rings (SSSR count). The van der Waals surface area contributed by atoms with Crippen molar-refractivity contribution in [3.63, 3.8) is 0 Å². The number of nitrogens with one attached hydrogen (secondary N) is 1. The second-order valence-electron chi connectivity index (χ2n) is 3.54. The van der Waals surface area contributed by atoms with Gasteiger partial charge < -0.3 is 10.1 Å². The summed E-state index contributed by atoms with van der Waals surface area (Å²) in [7, 11) is 2.76. The maximum Gasteiger partial charge on any atom is 0.269 e. The van der Waals surface area contributed by atoms with Gasteiger partial charge in [-0.05, 0) is 29.7 Å². The Bertz CT molecular complexity index is 731. The molecule has 2 aromatic rings. The van der Waals surface area contributed by atoms with Crippen LogP contribution in [0, 0.1) is 0 Å². The van der Waals surface area contributed by atoms with Crippen LogP contribution in [-0.2, 0) is 9.05 Å². The van der Waals surface area contributed by atoms with Crippen LogP contribution < -0.4 is 10.1 Å². The lowest BCUT2D eigenvalue weighted by Gasteiger charge is -2.10. The quantitative estimate of drug-likeness (QED) is 0.855. The molecule has 0 aliphatic carbocycles. The summed E-state index contributed by atoms with van der Waals surface area (Å²) in [4.78, 5) is 12.0. The molecule has 0 aliphatic rings. The molecule has 1 aromatic carbocycles. The monoisotopic (exact) mass is 333 g/mol. The van der Waals surface area contributed by atoms with Crippen LogP contribution in [0.5, 0.6) is 5.75 Å². The zero-order chi connectivity index (χ0) is 14.8. The number of carbonyl (C=O) groups is 1. The van der Waals surface area contributed by atoms with Gasteiger partial charge in [-0.2, -0.15) is 0 Å².